The van der Waals surface area contributed by atoms with Gasteiger partial charge in [-0.3, -0.25) is 14.6 Å². The van der Waals surface area contributed by atoms with Gasteiger partial charge in [0.1, 0.15) is 11.9 Å². The maximum Gasteiger partial charge on any atom is 0.241 e. The molecule has 0 spiro atoms. The summed E-state index contributed by atoms with van der Waals surface area (Å²) in [5, 5.41) is 3.29. The van der Waals surface area contributed by atoms with Crippen molar-refractivity contribution >= 4 is 17.5 Å². The molecule has 1 amide bonds. The SMILES string of the molecule is CCN(C)C(C(=O)NCC1CCN(C)C1c1ccc(Cl)c(F)c1)c1ccccc1. The Morgan fingerprint density at radius 2 is 2.03 bits per heavy atom. The molecule has 2 aromatic rings. The monoisotopic (exact) mass is 417 g/mol. The van der Waals surface area contributed by atoms with Crippen molar-refractivity contribution < 1.29 is 9.18 Å². The highest BCUT2D eigenvalue weighted by Gasteiger charge is 2.34. The van der Waals surface area contributed by atoms with Crippen LogP contribution in [0, 0.1) is 11.7 Å². The predicted octanol–water partition coefficient (Wildman–Crippen LogP) is 4.28. The van der Waals surface area contributed by atoms with E-state index in [4.69, 9.17) is 11.6 Å². The lowest BCUT2D eigenvalue weighted by Gasteiger charge is -2.29. The second kappa shape index (κ2) is 9.70. The fourth-order valence-corrected chi connectivity index (χ4v) is 4.33. The van der Waals surface area contributed by atoms with Gasteiger partial charge in [-0.15, -0.1) is 0 Å². The molecule has 1 fully saturated rings. The smallest absolute Gasteiger partial charge is 0.241 e. The van der Waals surface area contributed by atoms with Crippen LogP contribution in [0.4, 0.5) is 4.39 Å². The van der Waals surface area contributed by atoms with Gasteiger partial charge < -0.3 is 5.32 Å². The van der Waals surface area contributed by atoms with E-state index < -0.39 is 5.82 Å². The summed E-state index contributed by atoms with van der Waals surface area (Å²) in [7, 11) is 4.00. The lowest BCUT2D eigenvalue weighted by molar-refractivity contribution is -0.126. The van der Waals surface area contributed by atoms with Crippen LogP contribution in [-0.4, -0.2) is 49.4 Å². The van der Waals surface area contributed by atoms with Gasteiger partial charge in [0.15, 0.2) is 0 Å². The predicted molar refractivity (Wildman–Crippen MR) is 115 cm³/mol. The summed E-state index contributed by atoms with van der Waals surface area (Å²) >= 11 is 5.85. The molecule has 3 atom stereocenters. The van der Waals surface area contributed by atoms with E-state index >= 15 is 0 Å². The number of likely N-dealkylation sites (tertiary alicyclic amines) is 1. The van der Waals surface area contributed by atoms with Gasteiger partial charge in [0.05, 0.1) is 5.02 Å². The average molecular weight is 418 g/mol. The van der Waals surface area contributed by atoms with Gasteiger partial charge in [0, 0.05) is 12.6 Å². The molecule has 3 rings (SSSR count). The number of nitrogens with one attached hydrogen (secondary N) is 1. The van der Waals surface area contributed by atoms with Crippen molar-refractivity contribution in [1.29, 1.82) is 0 Å². The fourth-order valence-electron chi connectivity index (χ4n) is 4.22. The molecular formula is C23H29ClFN3O. The Morgan fingerprint density at radius 1 is 1.31 bits per heavy atom. The molecule has 0 aromatic heterocycles. The van der Waals surface area contributed by atoms with Gasteiger partial charge in [-0.1, -0.05) is 54.9 Å². The molecule has 156 valence electrons. The van der Waals surface area contributed by atoms with Gasteiger partial charge >= 0.3 is 0 Å². The molecule has 3 unspecified atom stereocenters. The van der Waals surface area contributed by atoms with Crippen LogP contribution in [0.3, 0.4) is 0 Å². The number of likely N-dealkylation sites (N-methyl/N-ethyl adjacent to an activating group) is 1. The number of rotatable bonds is 7. The van der Waals surface area contributed by atoms with Crippen LogP contribution in [0.1, 0.15) is 36.6 Å². The molecule has 0 bridgehead atoms. The number of hydrogen-bond donors (Lipinski definition) is 1. The van der Waals surface area contributed by atoms with Crippen molar-refractivity contribution in [3.8, 4) is 0 Å². The number of nitrogens with zero attached hydrogens (tertiary/aromatic N) is 2. The number of halogens is 2. The largest absolute Gasteiger partial charge is 0.354 e. The molecule has 1 aliphatic rings. The second-order valence-electron chi connectivity index (χ2n) is 7.78. The Balaban J connectivity index is 1.72. The Kier molecular flexibility index (Phi) is 7.28. The van der Waals surface area contributed by atoms with Crippen LogP contribution in [0.15, 0.2) is 48.5 Å². The molecule has 1 saturated heterocycles. The number of hydrogen-bond acceptors (Lipinski definition) is 3. The zero-order chi connectivity index (χ0) is 21.0. The minimum Gasteiger partial charge on any atom is -0.354 e. The molecule has 6 heteroatoms. The first-order valence-corrected chi connectivity index (χ1v) is 10.5. The van der Waals surface area contributed by atoms with E-state index in [2.05, 4.69) is 10.2 Å². The van der Waals surface area contributed by atoms with E-state index in [1.165, 1.54) is 6.07 Å². The summed E-state index contributed by atoms with van der Waals surface area (Å²) < 4.78 is 14.0. The Morgan fingerprint density at radius 3 is 2.69 bits per heavy atom. The van der Waals surface area contributed by atoms with E-state index in [1.807, 2.05) is 62.3 Å². The molecular weight excluding hydrogens is 389 g/mol. The van der Waals surface area contributed by atoms with E-state index in [0.29, 0.717) is 6.54 Å². The minimum atomic E-state index is -0.402. The first kappa shape index (κ1) is 21.8. The van der Waals surface area contributed by atoms with Gasteiger partial charge in [-0.2, -0.15) is 0 Å². The molecule has 0 aliphatic carbocycles. The van der Waals surface area contributed by atoms with Crippen LogP contribution in [0.5, 0.6) is 0 Å². The molecule has 4 nitrogen and oxygen atoms in total. The van der Waals surface area contributed by atoms with Crippen molar-refractivity contribution in [1.82, 2.24) is 15.1 Å². The summed E-state index contributed by atoms with van der Waals surface area (Å²) in [6.45, 7) is 4.28. The fraction of sp³-hybridized carbons (Fsp3) is 0.435. The van der Waals surface area contributed by atoms with Crippen molar-refractivity contribution in [2.24, 2.45) is 5.92 Å². The van der Waals surface area contributed by atoms with Gasteiger partial charge in [-0.05, 0) is 62.8 Å². The van der Waals surface area contributed by atoms with Crippen LogP contribution in [0.2, 0.25) is 5.02 Å². The summed E-state index contributed by atoms with van der Waals surface area (Å²) in [6, 6.07) is 14.6. The Labute approximate surface area is 177 Å². The first-order valence-electron chi connectivity index (χ1n) is 10.1. The molecule has 0 radical (unpaired) electrons. The number of carbonyl (C=O) groups excluding carboxylic acids is 1. The highest BCUT2D eigenvalue weighted by molar-refractivity contribution is 6.30. The topological polar surface area (TPSA) is 35.6 Å². The molecule has 1 N–H and O–H groups in total. The van der Waals surface area contributed by atoms with Gasteiger partial charge in [0.25, 0.3) is 0 Å². The number of benzene rings is 2. The van der Waals surface area contributed by atoms with E-state index in [9.17, 15) is 9.18 Å². The highest BCUT2D eigenvalue weighted by atomic mass is 35.5. The zero-order valence-corrected chi connectivity index (χ0v) is 18.0. The zero-order valence-electron chi connectivity index (χ0n) is 17.2. The standard InChI is InChI=1S/C23H29ClFN3O/c1-4-27(2)22(16-8-6-5-7-9-16)23(29)26-15-18-12-13-28(3)21(18)17-10-11-19(24)20(25)14-17/h5-11,14,18,21-22H,4,12-13,15H2,1-3H3,(H,26,29). The highest BCUT2D eigenvalue weighted by Crippen LogP contribution is 2.36. The number of amides is 1. The summed E-state index contributed by atoms with van der Waals surface area (Å²) in [6.07, 6.45) is 0.950. The van der Waals surface area contributed by atoms with Crippen LogP contribution >= 0.6 is 11.6 Å². The maximum atomic E-state index is 14.0. The maximum absolute atomic E-state index is 14.0. The Hall–Kier alpha value is -1.95. The lowest BCUT2D eigenvalue weighted by Crippen LogP contribution is -2.41. The first-order chi connectivity index (χ1) is 13.9. The third-order valence-electron chi connectivity index (χ3n) is 5.90. The normalized spacial score (nSPS) is 20.8. The van der Waals surface area contributed by atoms with Crippen LogP contribution in [-0.2, 0) is 4.79 Å². The molecule has 1 heterocycles. The minimum absolute atomic E-state index is 0.00357. The van der Waals surface area contributed by atoms with Gasteiger partial charge in [-0.25, -0.2) is 4.39 Å². The van der Waals surface area contributed by atoms with E-state index in [-0.39, 0.29) is 28.9 Å². The quantitative estimate of drug-likeness (QED) is 0.730. The number of carbonyl (C=O) groups is 1. The molecule has 1 aliphatic heterocycles. The average Bonchev–Trinajstić information content (AvgIpc) is 3.09. The summed E-state index contributed by atoms with van der Waals surface area (Å²) in [5.74, 6) is -0.190. The molecule has 0 saturated carbocycles. The second-order valence-corrected chi connectivity index (χ2v) is 8.19. The van der Waals surface area contributed by atoms with Crippen molar-refractivity contribution in [3.05, 3.63) is 70.5 Å². The van der Waals surface area contributed by atoms with Crippen molar-refractivity contribution in [3.63, 3.8) is 0 Å². The summed E-state index contributed by atoms with van der Waals surface area (Å²) in [4.78, 5) is 17.3. The van der Waals surface area contributed by atoms with E-state index in [0.717, 1.165) is 30.6 Å². The lowest BCUT2D eigenvalue weighted by atomic mass is 9.93. The Bertz CT molecular complexity index is 832. The third-order valence-corrected chi connectivity index (χ3v) is 6.21. The van der Waals surface area contributed by atoms with E-state index in [1.54, 1.807) is 6.07 Å². The molecule has 29 heavy (non-hydrogen) atoms. The van der Waals surface area contributed by atoms with Crippen LogP contribution in [0.25, 0.3) is 0 Å². The van der Waals surface area contributed by atoms with Crippen molar-refractivity contribution in [2.75, 3.05) is 33.7 Å². The van der Waals surface area contributed by atoms with Crippen LogP contribution < -0.4 is 5.32 Å². The summed E-state index contributed by atoms with van der Waals surface area (Å²) in [5.41, 5.74) is 1.88. The third kappa shape index (κ3) is 4.97. The van der Waals surface area contributed by atoms with Crippen molar-refractivity contribution in [2.45, 2.75) is 25.4 Å². The van der Waals surface area contributed by atoms with Gasteiger partial charge in [0.2, 0.25) is 5.91 Å². The molecule has 2 aromatic carbocycles.